The van der Waals surface area contributed by atoms with Crippen molar-refractivity contribution in [2.24, 2.45) is 5.73 Å². The molecule has 582 valence electrons. The zero-order valence-corrected chi connectivity index (χ0v) is 67.0. The average Bonchev–Trinajstić information content (AvgIpc) is 1.28. The molecule has 0 aromatic carbocycles. The zero-order valence-electron chi connectivity index (χ0n) is 66.1. The SMILES string of the molecule is CCCCCCC/C=C\C/C=C\CCCCCCCCCCCCCCCCCCCCCCCCCCCCCC(=O)OC(COC(=O)CCCCCCCCCCCCCCCCCCCCCCCCCCCCCCCCCCCCCCCC)COP(=O)(O)OCCN. The summed E-state index contributed by atoms with van der Waals surface area (Å²) in [6, 6.07) is 0. The van der Waals surface area contributed by atoms with Crippen LogP contribution in [-0.2, 0) is 32.7 Å². The van der Waals surface area contributed by atoms with E-state index in [4.69, 9.17) is 24.3 Å². The Labute approximate surface area is 612 Å². The van der Waals surface area contributed by atoms with Crippen molar-refractivity contribution in [3.63, 3.8) is 0 Å². The number of allylic oxidation sites excluding steroid dienone is 4. The monoisotopic (exact) mass is 1400 g/mol. The highest BCUT2D eigenvalue weighted by Crippen LogP contribution is 2.43. The lowest BCUT2D eigenvalue weighted by Crippen LogP contribution is -2.29. The van der Waals surface area contributed by atoms with E-state index in [1.54, 1.807) is 0 Å². The van der Waals surface area contributed by atoms with Crippen LogP contribution in [0.2, 0.25) is 0 Å². The second-order valence-corrected chi connectivity index (χ2v) is 31.9. The van der Waals surface area contributed by atoms with Crippen LogP contribution in [-0.4, -0.2) is 49.3 Å². The van der Waals surface area contributed by atoms with Gasteiger partial charge >= 0.3 is 19.8 Å². The first-order chi connectivity index (χ1) is 48.3. The Morgan fingerprint density at radius 3 is 0.776 bits per heavy atom. The first kappa shape index (κ1) is 96.5. The molecule has 0 radical (unpaired) electrons. The molecule has 10 heteroatoms. The summed E-state index contributed by atoms with van der Waals surface area (Å²) in [5.74, 6) is -0.795. The number of carbonyl (C=O) groups is 2. The van der Waals surface area contributed by atoms with Crippen LogP contribution in [0.15, 0.2) is 24.3 Å². The van der Waals surface area contributed by atoms with Crippen LogP contribution in [0.5, 0.6) is 0 Å². The van der Waals surface area contributed by atoms with Crippen LogP contribution in [0, 0.1) is 0 Å². The van der Waals surface area contributed by atoms with Gasteiger partial charge in [-0.2, -0.15) is 0 Å². The quantitative estimate of drug-likeness (QED) is 0.0264. The third-order valence-corrected chi connectivity index (χ3v) is 21.6. The number of phosphoric ester groups is 1. The van der Waals surface area contributed by atoms with Crippen LogP contribution in [0.3, 0.4) is 0 Å². The van der Waals surface area contributed by atoms with Crippen molar-refractivity contribution >= 4 is 19.8 Å². The summed E-state index contributed by atoms with van der Waals surface area (Å²) >= 11 is 0. The normalized spacial score (nSPS) is 12.8. The number of hydrogen-bond donors (Lipinski definition) is 2. The summed E-state index contributed by atoms with van der Waals surface area (Å²) in [4.78, 5) is 35.5. The molecule has 0 aliphatic heterocycles. The molecule has 98 heavy (non-hydrogen) atoms. The van der Waals surface area contributed by atoms with E-state index in [0.717, 1.165) is 38.5 Å². The van der Waals surface area contributed by atoms with Gasteiger partial charge in [0.1, 0.15) is 6.61 Å². The van der Waals surface area contributed by atoms with Gasteiger partial charge in [0, 0.05) is 19.4 Å². The minimum absolute atomic E-state index is 0.0579. The molecular weight excluding hydrogens is 1230 g/mol. The molecule has 0 saturated heterocycles. The van der Waals surface area contributed by atoms with Crippen LogP contribution in [0.1, 0.15) is 495 Å². The van der Waals surface area contributed by atoms with E-state index in [1.165, 1.54) is 424 Å². The lowest BCUT2D eigenvalue weighted by molar-refractivity contribution is -0.161. The Kier molecular flexibility index (Phi) is 83.1. The smallest absolute Gasteiger partial charge is 0.462 e. The highest BCUT2D eigenvalue weighted by atomic mass is 31.2. The first-order valence-electron chi connectivity index (χ1n) is 44.3. The second-order valence-electron chi connectivity index (χ2n) is 30.5. The minimum Gasteiger partial charge on any atom is -0.462 e. The molecule has 0 aromatic rings. The number of carbonyl (C=O) groups excluding carboxylic acids is 2. The van der Waals surface area contributed by atoms with E-state index in [0.29, 0.717) is 6.42 Å². The van der Waals surface area contributed by atoms with E-state index < -0.39 is 26.5 Å². The number of nitrogens with two attached hydrogens (primary N) is 1. The molecule has 9 nitrogen and oxygen atoms in total. The van der Waals surface area contributed by atoms with Crippen LogP contribution < -0.4 is 5.73 Å². The molecule has 2 atom stereocenters. The van der Waals surface area contributed by atoms with Gasteiger partial charge in [-0.3, -0.25) is 18.6 Å². The molecule has 0 spiro atoms. The van der Waals surface area contributed by atoms with Crippen LogP contribution in [0.25, 0.3) is 0 Å². The minimum atomic E-state index is -4.39. The molecule has 0 rings (SSSR count). The van der Waals surface area contributed by atoms with E-state index in [-0.39, 0.29) is 38.6 Å². The van der Waals surface area contributed by atoms with Crippen molar-refractivity contribution in [1.82, 2.24) is 0 Å². The maximum absolute atomic E-state index is 12.8. The van der Waals surface area contributed by atoms with Gasteiger partial charge in [-0.15, -0.1) is 0 Å². The van der Waals surface area contributed by atoms with E-state index in [9.17, 15) is 19.0 Å². The van der Waals surface area contributed by atoms with Crippen molar-refractivity contribution in [2.75, 3.05) is 26.4 Å². The summed E-state index contributed by atoms with van der Waals surface area (Å²) in [7, 11) is -4.39. The Morgan fingerprint density at radius 2 is 0.531 bits per heavy atom. The van der Waals surface area contributed by atoms with Crippen molar-refractivity contribution in [3.05, 3.63) is 24.3 Å². The fraction of sp³-hybridized carbons (Fsp3) is 0.932. The molecule has 0 fully saturated rings. The highest BCUT2D eigenvalue weighted by Gasteiger charge is 2.26. The fourth-order valence-corrected chi connectivity index (χ4v) is 14.8. The second kappa shape index (κ2) is 84.4. The predicted octanol–water partition coefficient (Wildman–Crippen LogP) is 29.9. The van der Waals surface area contributed by atoms with Crippen LogP contribution >= 0.6 is 7.82 Å². The molecule has 0 saturated carbocycles. The van der Waals surface area contributed by atoms with Gasteiger partial charge in [0.05, 0.1) is 13.2 Å². The van der Waals surface area contributed by atoms with Gasteiger partial charge in [-0.25, -0.2) is 4.57 Å². The Hall–Kier alpha value is -1.51. The number of unbranched alkanes of at least 4 members (excludes halogenated alkanes) is 69. The Morgan fingerprint density at radius 1 is 0.306 bits per heavy atom. The van der Waals surface area contributed by atoms with Gasteiger partial charge in [-0.1, -0.05) is 462 Å². The summed E-state index contributed by atoms with van der Waals surface area (Å²) in [5, 5.41) is 0. The third kappa shape index (κ3) is 83.4. The molecule has 0 aliphatic rings. The zero-order chi connectivity index (χ0) is 70.8. The summed E-state index contributed by atoms with van der Waals surface area (Å²) < 4.78 is 33.3. The maximum atomic E-state index is 12.8. The topological polar surface area (TPSA) is 134 Å². The van der Waals surface area contributed by atoms with Crippen LogP contribution in [0.4, 0.5) is 0 Å². The largest absolute Gasteiger partial charge is 0.472 e. The van der Waals surface area contributed by atoms with Gasteiger partial charge in [0.2, 0.25) is 0 Å². The fourth-order valence-electron chi connectivity index (χ4n) is 14.0. The molecule has 0 aliphatic carbocycles. The van der Waals surface area contributed by atoms with Gasteiger partial charge in [-0.05, 0) is 44.9 Å². The predicted molar refractivity (Wildman–Crippen MR) is 428 cm³/mol. The van der Waals surface area contributed by atoms with Gasteiger partial charge in [0.25, 0.3) is 0 Å². The maximum Gasteiger partial charge on any atom is 0.472 e. The van der Waals surface area contributed by atoms with E-state index >= 15 is 0 Å². The molecule has 0 amide bonds. The van der Waals surface area contributed by atoms with Gasteiger partial charge < -0.3 is 20.1 Å². The number of phosphoric acid groups is 1. The standard InChI is InChI=1S/C88H172NO8P/c1-3-5-7-9-11-13-15-17-19-21-23-25-27-29-31-33-35-37-39-41-43-45-47-49-51-53-55-57-59-61-63-65-67-69-71-73-75-77-79-81-88(91)97-86(85-96-98(92,93)95-83-82-89)84-94-87(90)80-78-76-74-72-70-68-66-64-62-60-58-56-54-52-50-48-46-44-42-40-38-36-34-32-30-28-26-24-22-20-18-16-14-12-10-8-6-4-2/h15,17,21,23,86H,3-14,16,18-20,22,24-85,89H2,1-2H3,(H,92,93)/b17-15-,23-21-. The van der Waals surface area contributed by atoms with E-state index in [2.05, 4.69) is 38.2 Å². The number of esters is 2. The molecule has 0 aromatic heterocycles. The molecule has 0 heterocycles. The Bertz CT molecular complexity index is 1660. The molecule has 3 N–H and O–H groups in total. The highest BCUT2D eigenvalue weighted by molar-refractivity contribution is 7.47. The van der Waals surface area contributed by atoms with Crippen molar-refractivity contribution in [2.45, 2.75) is 502 Å². The number of hydrogen-bond acceptors (Lipinski definition) is 8. The summed E-state index contributed by atoms with van der Waals surface area (Å²) in [6.07, 6.45) is 108. The number of ether oxygens (including phenoxy) is 2. The Balaban J connectivity index is 3.69. The third-order valence-electron chi connectivity index (χ3n) is 20.6. The van der Waals surface area contributed by atoms with E-state index in [1.807, 2.05) is 0 Å². The lowest BCUT2D eigenvalue weighted by Gasteiger charge is -2.19. The first-order valence-corrected chi connectivity index (χ1v) is 45.8. The molecule has 0 bridgehead atoms. The lowest BCUT2D eigenvalue weighted by atomic mass is 10.0. The number of rotatable bonds is 86. The molecular formula is C88H172NO8P. The van der Waals surface area contributed by atoms with Crippen molar-refractivity contribution in [3.8, 4) is 0 Å². The average molecular weight is 1400 g/mol. The molecule has 2 unspecified atom stereocenters. The van der Waals surface area contributed by atoms with Gasteiger partial charge in [0.15, 0.2) is 6.10 Å². The summed E-state index contributed by atoms with van der Waals surface area (Å²) in [6.45, 7) is 3.84. The van der Waals surface area contributed by atoms with Crippen molar-refractivity contribution in [1.29, 1.82) is 0 Å². The summed E-state index contributed by atoms with van der Waals surface area (Å²) in [5.41, 5.74) is 5.43. The van der Waals surface area contributed by atoms with Crippen molar-refractivity contribution < 1.29 is 37.6 Å².